The number of aromatic nitrogens is 2. The van der Waals surface area contributed by atoms with Crippen molar-refractivity contribution in [3.63, 3.8) is 0 Å². The van der Waals surface area contributed by atoms with Crippen LogP contribution in [0.1, 0.15) is 53.0 Å². The van der Waals surface area contributed by atoms with Crippen molar-refractivity contribution in [1.29, 1.82) is 0 Å². The van der Waals surface area contributed by atoms with Crippen LogP contribution in [0.4, 0.5) is 11.5 Å². The predicted octanol–water partition coefficient (Wildman–Crippen LogP) is 3.42. The van der Waals surface area contributed by atoms with Gasteiger partial charge in [0.1, 0.15) is 11.6 Å². The number of anilines is 2. The third-order valence-corrected chi connectivity index (χ3v) is 6.00. The first kappa shape index (κ1) is 24.8. The van der Waals surface area contributed by atoms with E-state index in [1.165, 1.54) is 6.20 Å². The van der Waals surface area contributed by atoms with Gasteiger partial charge >= 0.3 is 5.97 Å². The number of carbonyl (C=O) groups is 3. The number of carboxylic acid groups (broad SMARTS) is 1. The summed E-state index contributed by atoms with van der Waals surface area (Å²) >= 11 is 0. The summed E-state index contributed by atoms with van der Waals surface area (Å²) in [7, 11) is 0. The zero-order valence-electron chi connectivity index (χ0n) is 19.9. The number of rotatable bonds is 10. The smallest absolute Gasteiger partial charge is 0.308 e. The van der Waals surface area contributed by atoms with Crippen molar-refractivity contribution in [1.82, 2.24) is 15.3 Å². The molecule has 186 valence electrons. The van der Waals surface area contributed by atoms with E-state index < -0.39 is 5.97 Å². The van der Waals surface area contributed by atoms with E-state index in [0.717, 1.165) is 31.2 Å². The molecule has 0 atom stereocenters. The molecule has 2 aromatic carbocycles. The Balaban J connectivity index is 1.39. The van der Waals surface area contributed by atoms with Gasteiger partial charge in [-0.25, -0.2) is 9.97 Å². The predicted molar refractivity (Wildman–Crippen MR) is 136 cm³/mol. The van der Waals surface area contributed by atoms with Crippen LogP contribution in [-0.4, -0.2) is 45.4 Å². The van der Waals surface area contributed by atoms with Crippen molar-refractivity contribution >= 4 is 29.3 Å². The molecular formula is C27H29N5O4. The summed E-state index contributed by atoms with van der Waals surface area (Å²) < 4.78 is 0. The molecule has 0 radical (unpaired) electrons. The number of hydrogen-bond acceptors (Lipinski definition) is 6. The normalized spacial score (nSPS) is 13.2. The second-order valence-electron chi connectivity index (χ2n) is 8.83. The highest BCUT2D eigenvalue weighted by Gasteiger charge is 2.18. The van der Waals surface area contributed by atoms with Crippen LogP contribution in [0.2, 0.25) is 0 Å². The Morgan fingerprint density at radius 3 is 2.39 bits per heavy atom. The molecule has 0 aliphatic heterocycles. The third kappa shape index (κ3) is 7.11. The molecule has 1 aromatic heterocycles. The summed E-state index contributed by atoms with van der Waals surface area (Å²) in [5, 5.41) is 18.1. The Bertz CT molecular complexity index is 1210. The molecule has 2 amide bonds. The lowest BCUT2D eigenvalue weighted by Crippen LogP contribution is -2.37. The monoisotopic (exact) mass is 487 g/mol. The van der Waals surface area contributed by atoms with Crippen molar-refractivity contribution < 1.29 is 19.5 Å². The fraction of sp³-hybridized carbons (Fsp3) is 0.296. The third-order valence-electron chi connectivity index (χ3n) is 6.00. The summed E-state index contributed by atoms with van der Waals surface area (Å²) in [5.41, 5.74) is 2.58. The quantitative estimate of drug-likeness (QED) is 0.344. The van der Waals surface area contributed by atoms with E-state index in [9.17, 15) is 19.5 Å². The molecule has 0 unspecified atom stereocenters. The van der Waals surface area contributed by atoms with Gasteiger partial charge in [0.15, 0.2) is 0 Å². The van der Waals surface area contributed by atoms with Crippen LogP contribution < -0.4 is 16.0 Å². The van der Waals surface area contributed by atoms with Gasteiger partial charge in [0.05, 0.1) is 13.0 Å². The molecule has 9 nitrogen and oxygen atoms in total. The van der Waals surface area contributed by atoms with E-state index in [1.54, 1.807) is 12.1 Å². The van der Waals surface area contributed by atoms with Crippen LogP contribution in [0.15, 0.2) is 60.8 Å². The molecule has 4 N–H and O–H groups in total. The summed E-state index contributed by atoms with van der Waals surface area (Å²) in [6.07, 6.45) is 5.87. The van der Waals surface area contributed by atoms with E-state index in [-0.39, 0.29) is 30.8 Å². The lowest BCUT2D eigenvalue weighted by molar-refractivity contribution is -0.136. The van der Waals surface area contributed by atoms with E-state index in [2.05, 4.69) is 25.9 Å². The zero-order valence-corrected chi connectivity index (χ0v) is 19.9. The van der Waals surface area contributed by atoms with Gasteiger partial charge in [0, 0.05) is 35.5 Å². The Kier molecular flexibility index (Phi) is 8.23. The van der Waals surface area contributed by atoms with Crippen molar-refractivity contribution in [2.75, 3.05) is 17.2 Å². The van der Waals surface area contributed by atoms with Crippen molar-refractivity contribution in [2.45, 2.75) is 44.6 Å². The highest BCUT2D eigenvalue weighted by molar-refractivity contribution is 6.04. The van der Waals surface area contributed by atoms with E-state index in [4.69, 9.17) is 0 Å². The zero-order chi connectivity index (χ0) is 25.3. The Hall–Kier alpha value is -4.27. The molecular weight excluding hydrogens is 458 g/mol. The largest absolute Gasteiger partial charge is 0.481 e. The number of aliphatic carboxylic acids is 1. The van der Waals surface area contributed by atoms with Gasteiger partial charge in [-0.3, -0.25) is 14.4 Å². The minimum absolute atomic E-state index is 0.00931. The van der Waals surface area contributed by atoms with Gasteiger partial charge in [0.25, 0.3) is 5.91 Å². The van der Waals surface area contributed by atoms with Crippen LogP contribution >= 0.6 is 0 Å². The van der Waals surface area contributed by atoms with Gasteiger partial charge in [-0.2, -0.15) is 0 Å². The lowest BCUT2D eigenvalue weighted by atomic mass is 10.1. The molecule has 0 spiro atoms. The molecule has 4 rings (SSSR count). The molecule has 9 heteroatoms. The van der Waals surface area contributed by atoms with E-state index in [1.807, 2.05) is 42.5 Å². The van der Waals surface area contributed by atoms with Crippen molar-refractivity contribution in [2.24, 2.45) is 0 Å². The van der Waals surface area contributed by atoms with Crippen LogP contribution in [0, 0.1) is 0 Å². The number of carbonyl (C=O) groups excluding carboxylic acids is 2. The van der Waals surface area contributed by atoms with Crippen LogP contribution in [0.25, 0.3) is 0 Å². The van der Waals surface area contributed by atoms with Crippen LogP contribution in [0.3, 0.4) is 0 Å². The van der Waals surface area contributed by atoms with Gasteiger partial charge in [0.2, 0.25) is 5.91 Å². The molecule has 0 saturated heterocycles. The first-order valence-electron chi connectivity index (χ1n) is 12.0. The molecule has 1 fully saturated rings. The van der Waals surface area contributed by atoms with E-state index >= 15 is 0 Å². The lowest BCUT2D eigenvalue weighted by Gasteiger charge is -2.14. The highest BCUT2D eigenvalue weighted by atomic mass is 16.4. The Morgan fingerprint density at radius 1 is 0.972 bits per heavy atom. The molecule has 1 saturated carbocycles. The molecule has 1 heterocycles. The number of nitrogens with zero attached hydrogens (tertiary/aromatic N) is 2. The molecule has 36 heavy (non-hydrogen) atoms. The molecule has 3 aromatic rings. The number of carboxylic acids is 1. The maximum absolute atomic E-state index is 12.3. The number of amides is 2. The number of nitrogens with one attached hydrogen (secondary N) is 3. The van der Waals surface area contributed by atoms with Crippen molar-refractivity contribution in [3.8, 4) is 0 Å². The fourth-order valence-corrected chi connectivity index (χ4v) is 4.17. The summed E-state index contributed by atoms with van der Waals surface area (Å²) in [6, 6.07) is 16.5. The fourth-order valence-electron chi connectivity index (χ4n) is 4.17. The van der Waals surface area contributed by atoms with Gasteiger partial charge in [-0.05, 0) is 42.7 Å². The number of hydrogen-bond donors (Lipinski definition) is 4. The topological polar surface area (TPSA) is 133 Å². The number of benzene rings is 2. The second kappa shape index (κ2) is 11.9. The average molecular weight is 488 g/mol. The minimum atomic E-state index is -1.00. The first-order valence-corrected chi connectivity index (χ1v) is 12.0. The Labute approximate surface area is 209 Å². The average Bonchev–Trinajstić information content (AvgIpc) is 3.38. The standard InChI is InChI=1S/C27H29N5O4/c33-24(30-21-8-4-5-9-21)17-29-26-20(15-25(34)35)16-28-23(32-26)14-18-10-12-22(13-11-18)31-27(36)19-6-2-1-3-7-19/h1-3,6-7,10-13,16,21H,4-5,8-9,14-15,17H2,(H,30,33)(H,31,36)(H,34,35)(H,28,29,32). The Morgan fingerprint density at radius 2 is 1.69 bits per heavy atom. The highest BCUT2D eigenvalue weighted by Crippen LogP contribution is 2.19. The summed E-state index contributed by atoms with van der Waals surface area (Å²) in [6.45, 7) is 0.00931. The van der Waals surface area contributed by atoms with E-state index in [0.29, 0.717) is 34.9 Å². The maximum Gasteiger partial charge on any atom is 0.308 e. The summed E-state index contributed by atoms with van der Waals surface area (Å²) in [5.74, 6) is -0.498. The molecule has 0 bridgehead atoms. The second-order valence-corrected chi connectivity index (χ2v) is 8.83. The minimum Gasteiger partial charge on any atom is -0.481 e. The molecule has 1 aliphatic carbocycles. The van der Waals surface area contributed by atoms with Crippen LogP contribution in [0.5, 0.6) is 0 Å². The molecule has 1 aliphatic rings. The summed E-state index contributed by atoms with van der Waals surface area (Å²) in [4.78, 5) is 44.7. The maximum atomic E-state index is 12.3. The first-order chi connectivity index (χ1) is 17.5. The SMILES string of the molecule is O=C(O)Cc1cnc(Cc2ccc(NC(=O)c3ccccc3)cc2)nc1NCC(=O)NC1CCCC1. The van der Waals surface area contributed by atoms with Gasteiger partial charge < -0.3 is 21.1 Å². The van der Waals surface area contributed by atoms with Crippen LogP contribution in [-0.2, 0) is 22.4 Å². The van der Waals surface area contributed by atoms with Gasteiger partial charge in [-0.1, -0.05) is 43.2 Å². The van der Waals surface area contributed by atoms with Crippen molar-refractivity contribution in [3.05, 3.63) is 83.3 Å². The van der Waals surface area contributed by atoms with Gasteiger partial charge in [-0.15, -0.1) is 0 Å².